The van der Waals surface area contributed by atoms with Gasteiger partial charge in [0, 0.05) is 0 Å². The van der Waals surface area contributed by atoms with Gasteiger partial charge in [0.15, 0.2) is 5.82 Å². The van der Waals surface area contributed by atoms with E-state index in [1.165, 1.54) is 0 Å². The van der Waals surface area contributed by atoms with Gasteiger partial charge in [0.05, 0.1) is 14.1 Å². The van der Waals surface area contributed by atoms with Gasteiger partial charge in [0.1, 0.15) is 0 Å². The molecule has 5 heteroatoms. The molecule has 0 saturated heterocycles. The molecular formula is C11H11IN2OS. The zero-order valence-corrected chi connectivity index (χ0v) is 12.0. The first-order chi connectivity index (χ1) is 7.63. The summed E-state index contributed by atoms with van der Waals surface area (Å²) in [5.41, 5.74) is 1.97. The van der Waals surface area contributed by atoms with Gasteiger partial charge < -0.3 is 4.98 Å². The van der Waals surface area contributed by atoms with Gasteiger partial charge in [-0.15, -0.1) is 11.3 Å². The van der Waals surface area contributed by atoms with E-state index in [4.69, 9.17) is 0 Å². The number of aromatic nitrogens is 2. The molecule has 0 aliphatic heterocycles. The molecule has 0 aliphatic rings. The van der Waals surface area contributed by atoms with Crippen LogP contribution < -0.4 is 5.56 Å². The molecule has 0 radical (unpaired) electrons. The molecule has 0 aromatic carbocycles. The van der Waals surface area contributed by atoms with Crippen LogP contribution in [0.15, 0.2) is 16.2 Å². The van der Waals surface area contributed by atoms with Crippen LogP contribution in [0, 0.1) is 10.5 Å². The van der Waals surface area contributed by atoms with Crippen molar-refractivity contribution in [3.8, 4) is 10.7 Å². The van der Waals surface area contributed by atoms with Crippen LogP contribution in [0.1, 0.15) is 18.2 Å². The number of nitrogens with one attached hydrogen (secondary N) is 1. The molecule has 16 heavy (non-hydrogen) atoms. The maximum atomic E-state index is 11.7. The molecule has 0 atom stereocenters. The summed E-state index contributed by atoms with van der Waals surface area (Å²) in [7, 11) is 0. The standard InChI is InChI=1S/C11H11IN2OS/c1-3-7-8(12)11(15)14-10(13-7)9-6(2)4-5-16-9/h4-5H,3H2,1-2H3,(H,13,14,15). The highest BCUT2D eigenvalue weighted by Gasteiger charge is 2.11. The Bertz CT molecular complexity index is 574. The quantitative estimate of drug-likeness (QED) is 0.850. The number of thiophene rings is 1. The number of halogens is 1. The van der Waals surface area contributed by atoms with Gasteiger partial charge in [-0.25, -0.2) is 4.98 Å². The van der Waals surface area contributed by atoms with Crippen molar-refractivity contribution in [2.75, 3.05) is 0 Å². The smallest absolute Gasteiger partial charge is 0.264 e. The predicted molar refractivity (Wildman–Crippen MR) is 75.0 cm³/mol. The highest BCUT2D eigenvalue weighted by atomic mass is 127. The summed E-state index contributed by atoms with van der Waals surface area (Å²) < 4.78 is 0.693. The van der Waals surface area contributed by atoms with Crippen LogP contribution in [0.25, 0.3) is 10.7 Å². The summed E-state index contributed by atoms with van der Waals surface area (Å²) >= 11 is 3.65. The van der Waals surface area contributed by atoms with Gasteiger partial charge in [-0.2, -0.15) is 0 Å². The molecular weight excluding hydrogens is 335 g/mol. The second-order valence-electron chi connectivity index (χ2n) is 3.46. The second kappa shape index (κ2) is 4.67. The van der Waals surface area contributed by atoms with Gasteiger partial charge in [0.2, 0.25) is 0 Å². The fraction of sp³-hybridized carbons (Fsp3) is 0.273. The fourth-order valence-corrected chi connectivity index (χ4v) is 2.97. The van der Waals surface area contributed by atoms with E-state index in [9.17, 15) is 4.79 Å². The predicted octanol–water partition coefficient (Wildman–Crippen LogP) is 2.97. The number of aryl methyl sites for hydroxylation is 2. The first kappa shape index (κ1) is 11.8. The molecule has 2 aromatic rings. The minimum absolute atomic E-state index is 0.0461. The third kappa shape index (κ3) is 2.06. The van der Waals surface area contributed by atoms with Crippen molar-refractivity contribution >= 4 is 33.9 Å². The summed E-state index contributed by atoms with van der Waals surface area (Å²) in [4.78, 5) is 20.1. The molecule has 1 N–H and O–H groups in total. The third-order valence-corrected chi connectivity index (χ3v) is 4.48. The molecule has 2 aromatic heterocycles. The number of nitrogens with zero attached hydrogens (tertiary/aromatic N) is 1. The molecule has 0 unspecified atom stereocenters. The zero-order chi connectivity index (χ0) is 11.7. The summed E-state index contributed by atoms with van der Waals surface area (Å²) in [5, 5.41) is 2.01. The van der Waals surface area contributed by atoms with E-state index in [2.05, 4.69) is 9.97 Å². The average Bonchev–Trinajstić information content (AvgIpc) is 2.68. The van der Waals surface area contributed by atoms with Gasteiger partial charge in [-0.05, 0) is 52.9 Å². The maximum Gasteiger partial charge on any atom is 0.264 e. The molecule has 0 fully saturated rings. The number of aromatic amines is 1. The summed E-state index contributed by atoms with van der Waals surface area (Å²) in [6.45, 7) is 4.03. The number of H-pyrrole nitrogens is 1. The van der Waals surface area contributed by atoms with Crippen molar-refractivity contribution in [2.45, 2.75) is 20.3 Å². The monoisotopic (exact) mass is 346 g/mol. The zero-order valence-electron chi connectivity index (χ0n) is 9.00. The molecule has 0 spiro atoms. The van der Waals surface area contributed by atoms with E-state index < -0.39 is 0 Å². The van der Waals surface area contributed by atoms with Crippen molar-refractivity contribution in [1.29, 1.82) is 0 Å². The lowest BCUT2D eigenvalue weighted by atomic mass is 10.2. The topological polar surface area (TPSA) is 45.8 Å². The fourth-order valence-electron chi connectivity index (χ4n) is 1.46. The highest BCUT2D eigenvalue weighted by molar-refractivity contribution is 14.1. The molecule has 0 bridgehead atoms. The molecule has 0 amide bonds. The lowest BCUT2D eigenvalue weighted by molar-refractivity contribution is 0.970. The van der Waals surface area contributed by atoms with E-state index >= 15 is 0 Å². The number of hydrogen-bond donors (Lipinski definition) is 1. The maximum absolute atomic E-state index is 11.7. The molecule has 0 saturated carbocycles. The van der Waals surface area contributed by atoms with Crippen molar-refractivity contribution in [1.82, 2.24) is 9.97 Å². The minimum atomic E-state index is -0.0461. The van der Waals surface area contributed by atoms with Crippen molar-refractivity contribution in [3.63, 3.8) is 0 Å². The van der Waals surface area contributed by atoms with Crippen molar-refractivity contribution < 1.29 is 0 Å². The average molecular weight is 346 g/mol. The van der Waals surface area contributed by atoms with Crippen LogP contribution in [0.5, 0.6) is 0 Å². The summed E-state index contributed by atoms with van der Waals surface area (Å²) in [5.74, 6) is 0.690. The molecule has 2 rings (SSSR count). The Labute approximate surface area is 111 Å². The van der Waals surface area contributed by atoms with Crippen LogP contribution in [-0.4, -0.2) is 9.97 Å². The lowest BCUT2D eigenvalue weighted by Crippen LogP contribution is -2.15. The molecule has 3 nitrogen and oxygen atoms in total. The van der Waals surface area contributed by atoms with Crippen LogP contribution in [0.2, 0.25) is 0 Å². The van der Waals surface area contributed by atoms with E-state index in [-0.39, 0.29) is 5.56 Å². The third-order valence-electron chi connectivity index (χ3n) is 2.34. The number of hydrogen-bond acceptors (Lipinski definition) is 3. The minimum Gasteiger partial charge on any atom is -0.305 e. The first-order valence-corrected chi connectivity index (χ1v) is 6.92. The normalized spacial score (nSPS) is 10.7. The van der Waals surface area contributed by atoms with Crippen LogP contribution in [-0.2, 0) is 6.42 Å². The van der Waals surface area contributed by atoms with Gasteiger partial charge in [-0.1, -0.05) is 6.92 Å². The molecule has 84 valence electrons. The van der Waals surface area contributed by atoms with E-state index in [0.717, 1.165) is 22.6 Å². The van der Waals surface area contributed by atoms with Gasteiger partial charge in [0.25, 0.3) is 5.56 Å². The largest absolute Gasteiger partial charge is 0.305 e. The second-order valence-corrected chi connectivity index (χ2v) is 5.46. The number of rotatable bonds is 2. The van der Waals surface area contributed by atoms with E-state index in [0.29, 0.717) is 9.39 Å². The Hall–Kier alpha value is -0.690. The van der Waals surface area contributed by atoms with Crippen molar-refractivity contribution in [2.24, 2.45) is 0 Å². The lowest BCUT2D eigenvalue weighted by Gasteiger charge is -2.04. The van der Waals surface area contributed by atoms with Crippen molar-refractivity contribution in [3.05, 3.63) is 36.6 Å². The first-order valence-electron chi connectivity index (χ1n) is 4.96. The Balaban J connectivity index is 2.64. The summed E-state index contributed by atoms with van der Waals surface area (Å²) in [6.07, 6.45) is 0.777. The Morgan fingerprint density at radius 3 is 2.88 bits per heavy atom. The van der Waals surface area contributed by atoms with Gasteiger partial charge in [-0.3, -0.25) is 4.79 Å². The van der Waals surface area contributed by atoms with Crippen LogP contribution in [0.3, 0.4) is 0 Å². The Morgan fingerprint density at radius 1 is 1.56 bits per heavy atom. The SMILES string of the molecule is CCc1nc(-c2sccc2C)[nH]c(=O)c1I. The van der Waals surface area contributed by atoms with E-state index in [1.807, 2.05) is 47.9 Å². The van der Waals surface area contributed by atoms with Gasteiger partial charge >= 0.3 is 0 Å². The molecule has 2 heterocycles. The molecule has 0 aliphatic carbocycles. The van der Waals surface area contributed by atoms with Crippen LogP contribution in [0.4, 0.5) is 0 Å². The Kier molecular flexibility index (Phi) is 3.44. The Morgan fingerprint density at radius 2 is 2.31 bits per heavy atom. The van der Waals surface area contributed by atoms with Crippen LogP contribution >= 0.6 is 33.9 Å². The van der Waals surface area contributed by atoms with E-state index in [1.54, 1.807) is 11.3 Å². The summed E-state index contributed by atoms with van der Waals surface area (Å²) in [6, 6.07) is 2.03. The highest BCUT2D eigenvalue weighted by Crippen LogP contribution is 2.25.